The maximum Gasteiger partial charge on any atom is 0.274 e. The Bertz CT molecular complexity index is 898. The van der Waals surface area contributed by atoms with Gasteiger partial charge in [0, 0.05) is 12.6 Å². The molecule has 0 aliphatic carbocycles. The molecule has 0 aliphatic heterocycles. The molecule has 2 aromatic carbocycles. The molecule has 27 heavy (non-hydrogen) atoms. The summed E-state index contributed by atoms with van der Waals surface area (Å²) < 4.78 is 33.0. The molecule has 0 saturated carbocycles. The number of hydrogen-bond donors (Lipinski definition) is 0. The van der Waals surface area contributed by atoms with Crippen molar-refractivity contribution in [1.82, 2.24) is 14.9 Å². The van der Waals surface area contributed by atoms with Crippen LogP contribution in [0.5, 0.6) is 5.88 Å². The fourth-order valence-corrected chi connectivity index (χ4v) is 2.42. The number of carbonyl (C=O) groups is 1. The SMILES string of the molecule is CN(Cc1c(F)cccc1F)C(=O)c1cnc(OCc2ccccc2)cn1. The molecule has 3 rings (SSSR count). The second-order valence-corrected chi connectivity index (χ2v) is 5.88. The van der Waals surface area contributed by atoms with Crippen LogP contribution in [0, 0.1) is 11.6 Å². The second-order valence-electron chi connectivity index (χ2n) is 5.88. The second kappa shape index (κ2) is 8.35. The van der Waals surface area contributed by atoms with Gasteiger partial charge in [0.25, 0.3) is 5.91 Å². The molecule has 0 radical (unpaired) electrons. The van der Waals surface area contributed by atoms with Crippen LogP contribution in [0.2, 0.25) is 0 Å². The monoisotopic (exact) mass is 369 g/mol. The summed E-state index contributed by atoms with van der Waals surface area (Å²) in [5.41, 5.74) is 0.858. The van der Waals surface area contributed by atoms with Crippen molar-refractivity contribution < 1.29 is 18.3 Å². The van der Waals surface area contributed by atoms with E-state index in [0.717, 1.165) is 17.7 Å². The zero-order valence-electron chi connectivity index (χ0n) is 14.6. The molecule has 0 saturated heterocycles. The number of amides is 1. The van der Waals surface area contributed by atoms with E-state index in [1.165, 1.54) is 30.4 Å². The summed E-state index contributed by atoms with van der Waals surface area (Å²) in [7, 11) is 1.44. The lowest BCUT2D eigenvalue weighted by Crippen LogP contribution is -2.28. The smallest absolute Gasteiger partial charge is 0.274 e. The molecule has 5 nitrogen and oxygen atoms in total. The third-order valence-corrected chi connectivity index (χ3v) is 3.88. The third-order valence-electron chi connectivity index (χ3n) is 3.88. The Morgan fingerprint density at radius 3 is 2.33 bits per heavy atom. The molecular formula is C20H17F2N3O2. The van der Waals surface area contributed by atoms with E-state index in [2.05, 4.69) is 9.97 Å². The van der Waals surface area contributed by atoms with Gasteiger partial charge in [0.05, 0.1) is 18.9 Å². The number of halogens is 2. The minimum absolute atomic E-state index is 0.0568. The minimum atomic E-state index is -0.703. The average molecular weight is 369 g/mol. The maximum absolute atomic E-state index is 13.7. The highest BCUT2D eigenvalue weighted by Gasteiger charge is 2.18. The predicted octanol–water partition coefficient (Wildman–Crippen LogP) is 3.61. The van der Waals surface area contributed by atoms with E-state index in [4.69, 9.17) is 4.74 Å². The molecule has 7 heteroatoms. The van der Waals surface area contributed by atoms with E-state index in [9.17, 15) is 13.6 Å². The van der Waals surface area contributed by atoms with Gasteiger partial charge in [0.1, 0.15) is 23.9 Å². The van der Waals surface area contributed by atoms with Crippen molar-refractivity contribution in [2.75, 3.05) is 7.05 Å². The quantitative estimate of drug-likeness (QED) is 0.666. The van der Waals surface area contributed by atoms with Crippen LogP contribution in [0.3, 0.4) is 0 Å². The van der Waals surface area contributed by atoms with Gasteiger partial charge in [-0.2, -0.15) is 0 Å². The van der Waals surface area contributed by atoms with Gasteiger partial charge in [-0.05, 0) is 17.7 Å². The zero-order chi connectivity index (χ0) is 19.2. The number of aromatic nitrogens is 2. The molecule has 3 aromatic rings. The third kappa shape index (κ3) is 4.63. The Morgan fingerprint density at radius 1 is 1.00 bits per heavy atom. The van der Waals surface area contributed by atoms with Gasteiger partial charge >= 0.3 is 0 Å². The summed E-state index contributed by atoms with van der Waals surface area (Å²) in [5, 5.41) is 0. The van der Waals surface area contributed by atoms with Crippen molar-refractivity contribution in [3.63, 3.8) is 0 Å². The van der Waals surface area contributed by atoms with E-state index in [1.54, 1.807) is 0 Å². The van der Waals surface area contributed by atoms with Gasteiger partial charge in [-0.1, -0.05) is 36.4 Å². The van der Waals surface area contributed by atoms with Crippen molar-refractivity contribution >= 4 is 5.91 Å². The summed E-state index contributed by atoms with van der Waals surface area (Å²) in [6.45, 7) is 0.112. The first-order chi connectivity index (χ1) is 13.0. The average Bonchev–Trinajstić information content (AvgIpc) is 2.70. The highest BCUT2D eigenvalue weighted by Crippen LogP contribution is 2.15. The van der Waals surface area contributed by atoms with Gasteiger partial charge < -0.3 is 9.64 Å². The van der Waals surface area contributed by atoms with E-state index < -0.39 is 17.5 Å². The molecule has 0 aliphatic rings. The lowest BCUT2D eigenvalue weighted by Gasteiger charge is -2.17. The fourth-order valence-electron chi connectivity index (χ4n) is 2.42. The normalized spacial score (nSPS) is 10.5. The van der Waals surface area contributed by atoms with Crippen LogP contribution in [0.15, 0.2) is 60.9 Å². The van der Waals surface area contributed by atoms with Crippen molar-refractivity contribution in [2.45, 2.75) is 13.2 Å². The Hall–Kier alpha value is -3.35. The van der Waals surface area contributed by atoms with Crippen LogP contribution in [0.1, 0.15) is 21.6 Å². The number of ether oxygens (including phenoxy) is 1. The Kier molecular flexibility index (Phi) is 5.71. The van der Waals surface area contributed by atoms with Crippen molar-refractivity contribution in [3.05, 3.63) is 89.4 Å². The van der Waals surface area contributed by atoms with Crippen LogP contribution in [0.4, 0.5) is 8.78 Å². The summed E-state index contributed by atoms with van der Waals surface area (Å²) >= 11 is 0. The molecule has 138 valence electrons. The first-order valence-electron chi connectivity index (χ1n) is 8.21. The Morgan fingerprint density at radius 2 is 1.70 bits per heavy atom. The summed E-state index contributed by atoms with van der Waals surface area (Å²) in [6, 6.07) is 13.1. The lowest BCUT2D eigenvalue weighted by atomic mass is 10.2. The van der Waals surface area contributed by atoms with E-state index in [1.807, 2.05) is 30.3 Å². The van der Waals surface area contributed by atoms with Crippen LogP contribution < -0.4 is 4.74 Å². The van der Waals surface area contributed by atoms with Crippen LogP contribution in [-0.4, -0.2) is 27.8 Å². The highest BCUT2D eigenvalue weighted by atomic mass is 19.1. The minimum Gasteiger partial charge on any atom is -0.472 e. The largest absolute Gasteiger partial charge is 0.472 e. The van der Waals surface area contributed by atoms with E-state index in [-0.39, 0.29) is 23.7 Å². The first kappa shape index (κ1) is 18.4. The number of benzene rings is 2. The molecule has 0 unspecified atom stereocenters. The number of carbonyl (C=O) groups excluding carboxylic acids is 1. The molecule has 1 aromatic heterocycles. The molecule has 0 bridgehead atoms. The van der Waals surface area contributed by atoms with Gasteiger partial charge in [-0.3, -0.25) is 4.79 Å². The van der Waals surface area contributed by atoms with Crippen molar-refractivity contribution in [1.29, 1.82) is 0 Å². The maximum atomic E-state index is 13.7. The van der Waals surface area contributed by atoms with Gasteiger partial charge in [-0.15, -0.1) is 0 Å². The summed E-state index contributed by atoms with van der Waals surface area (Å²) in [5.74, 6) is -1.63. The first-order valence-corrected chi connectivity index (χ1v) is 8.21. The highest BCUT2D eigenvalue weighted by molar-refractivity contribution is 5.91. The Labute approximate surface area is 155 Å². The molecule has 1 amide bonds. The predicted molar refractivity (Wildman–Crippen MR) is 95.0 cm³/mol. The molecular weight excluding hydrogens is 352 g/mol. The zero-order valence-corrected chi connectivity index (χ0v) is 14.6. The number of nitrogens with zero attached hydrogens (tertiary/aromatic N) is 3. The van der Waals surface area contributed by atoms with Crippen molar-refractivity contribution in [2.24, 2.45) is 0 Å². The topological polar surface area (TPSA) is 55.3 Å². The lowest BCUT2D eigenvalue weighted by molar-refractivity contribution is 0.0776. The Balaban J connectivity index is 1.63. The van der Waals surface area contributed by atoms with Crippen LogP contribution in [0.25, 0.3) is 0 Å². The van der Waals surface area contributed by atoms with Gasteiger partial charge in [0.15, 0.2) is 0 Å². The van der Waals surface area contributed by atoms with Gasteiger partial charge in [0.2, 0.25) is 5.88 Å². The van der Waals surface area contributed by atoms with E-state index >= 15 is 0 Å². The van der Waals surface area contributed by atoms with Crippen LogP contribution >= 0.6 is 0 Å². The molecule has 0 N–H and O–H groups in total. The van der Waals surface area contributed by atoms with Crippen LogP contribution in [-0.2, 0) is 13.2 Å². The van der Waals surface area contributed by atoms with E-state index in [0.29, 0.717) is 6.61 Å². The fraction of sp³-hybridized carbons (Fsp3) is 0.150. The molecule has 1 heterocycles. The molecule has 0 spiro atoms. The van der Waals surface area contributed by atoms with Crippen molar-refractivity contribution in [3.8, 4) is 5.88 Å². The standard InChI is InChI=1S/C20H17F2N3O2/c1-25(12-15-16(21)8-5-9-17(15)22)20(26)18-10-24-19(11-23-18)27-13-14-6-3-2-4-7-14/h2-11H,12-13H2,1H3. The molecule has 0 atom stereocenters. The summed E-state index contributed by atoms with van der Waals surface area (Å²) in [6.07, 6.45) is 2.62. The number of rotatable bonds is 6. The molecule has 0 fully saturated rings. The number of hydrogen-bond acceptors (Lipinski definition) is 4. The summed E-state index contributed by atoms with van der Waals surface area (Å²) in [4.78, 5) is 21.7. The van der Waals surface area contributed by atoms with Gasteiger partial charge in [-0.25, -0.2) is 18.7 Å².